The summed E-state index contributed by atoms with van der Waals surface area (Å²) in [6, 6.07) is 0. The second-order valence-corrected chi connectivity index (χ2v) is 7.41. The van der Waals surface area contributed by atoms with Crippen molar-refractivity contribution in [2.75, 3.05) is 0 Å². The molecule has 4 heteroatoms. The summed E-state index contributed by atoms with van der Waals surface area (Å²) < 4.78 is 0.627. The predicted molar refractivity (Wildman–Crippen MR) is 50.7 cm³/mol. The molecule has 0 radical (unpaired) electrons. The van der Waals surface area contributed by atoms with E-state index in [1.807, 2.05) is 0 Å². The van der Waals surface area contributed by atoms with Gasteiger partial charge in [-0.15, -0.1) is 0 Å². The molecule has 56 valence electrons. The molecule has 0 N–H and O–H groups in total. The first-order valence-electron chi connectivity index (χ1n) is 2.37. The van der Waals surface area contributed by atoms with Crippen LogP contribution < -0.4 is 0 Å². The van der Waals surface area contributed by atoms with Crippen LogP contribution >= 0.6 is 34.8 Å². The molecular formula is C6H6AsCl3. The minimum absolute atomic E-state index is 0.126. The van der Waals surface area contributed by atoms with Crippen molar-refractivity contribution in [3.63, 3.8) is 0 Å². The van der Waals surface area contributed by atoms with Gasteiger partial charge in [0.1, 0.15) is 0 Å². The van der Waals surface area contributed by atoms with Crippen LogP contribution in [-0.2, 0) is 0 Å². The summed E-state index contributed by atoms with van der Waals surface area (Å²) in [5.41, 5.74) is 0. The molecule has 0 nitrogen and oxygen atoms in total. The Morgan fingerprint density at radius 1 is 1.10 bits per heavy atom. The average molecular weight is 259 g/mol. The van der Waals surface area contributed by atoms with Crippen molar-refractivity contribution in [2.24, 2.45) is 0 Å². The van der Waals surface area contributed by atoms with Crippen molar-refractivity contribution in [3.8, 4) is 0 Å². The summed E-state index contributed by atoms with van der Waals surface area (Å²) in [7, 11) is 0. The molecule has 0 saturated carbocycles. The molecule has 0 bridgehead atoms. The Kier molecular flexibility index (Phi) is 5.66. The molecule has 0 aromatic carbocycles. The normalized spacial score (nSPS) is 9.20. The summed E-state index contributed by atoms with van der Waals surface area (Å²) in [6.45, 7) is 7.19. The van der Waals surface area contributed by atoms with Crippen molar-refractivity contribution in [3.05, 3.63) is 31.2 Å². The second-order valence-electron chi connectivity index (χ2n) is 1.32. The molecule has 0 aliphatic heterocycles. The Bertz CT molecular complexity index is 162. The molecule has 0 aromatic rings. The van der Waals surface area contributed by atoms with E-state index in [4.69, 9.17) is 34.8 Å². The Labute approximate surface area is 80.4 Å². The monoisotopic (exact) mass is 258 g/mol. The molecule has 10 heavy (non-hydrogen) atoms. The molecule has 0 saturated heterocycles. The van der Waals surface area contributed by atoms with E-state index in [1.165, 1.54) is 0 Å². The molecular weight excluding hydrogens is 253 g/mol. The number of halogens is 3. The standard InChI is InChI=1S/C6H6AsCl3/c1-3-7(4-2)5(8)6(9)10/h3-4H,1-2H2. The maximum absolute atomic E-state index is 5.72. The van der Waals surface area contributed by atoms with Gasteiger partial charge in [-0.05, 0) is 0 Å². The number of hydrogen-bond donors (Lipinski definition) is 0. The molecule has 0 fully saturated rings. The Hall–Kier alpha value is 0.648. The van der Waals surface area contributed by atoms with Gasteiger partial charge in [-0.25, -0.2) is 0 Å². The van der Waals surface area contributed by atoms with Gasteiger partial charge in [-0.1, -0.05) is 0 Å². The number of hydrogen-bond acceptors (Lipinski definition) is 0. The second kappa shape index (κ2) is 5.32. The van der Waals surface area contributed by atoms with Crippen molar-refractivity contribution < 1.29 is 0 Å². The molecule has 0 heterocycles. The zero-order chi connectivity index (χ0) is 8.15. The first-order valence-corrected chi connectivity index (χ1v) is 6.61. The zero-order valence-electron chi connectivity index (χ0n) is 5.15. The van der Waals surface area contributed by atoms with Gasteiger partial charge >= 0.3 is 80.7 Å². The third-order valence-corrected chi connectivity index (χ3v) is 6.20. The fraction of sp³-hybridized carbons (Fsp3) is 0. The van der Waals surface area contributed by atoms with Crippen LogP contribution in [0.3, 0.4) is 0 Å². The molecule has 0 aromatic heterocycles. The van der Waals surface area contributed by atoms with Gasteiger partial charge in [-0.3, -0.25) is 0 Å². The van der Waals surface area contributed by atoms with Crippen LogP contribution in [-0.4, -0.2) is 14.7 Å². The van der Waals surface area contributed by atoms with E-state index in [0.29, 0.717) is 3.82 Å². The summed E-state index contributed by atoms with van der Waals surface area (Å²) in [6.07, 6.45) is 0. The van der Waals surface area contributed by atoms with Gasteiger partial charge in [0.25, 0.3) is 0 Å². The summed E-state index contributed by atoms with van der Waals surface area (Å²) in [4.78, 5) is 3.51. The van der Waals surface area contributed by atoms with E-state index >= 15 is 0 Å². The van der Waals surface area contributed by atoms with Gasteiger partial charge in [0.05, 0.1) is 0 Å². The van der Waals surface area contributed by atoms with E-state index in [0.717, 1.165) is 0 Å². The van der Waals surface area contributed by atoms with Crippen LogP contribution in [0.2, 0.25) is 0 Å². The van der Waals surface area contributed by atoms with Crippen LogP contribution in [0.1, 0.15) is 0 Å². The van der Waals surface area contributed by atoms with Gasteiger partial charge in [0.2, 0.25) is 0 Å². The van der Waals surface area contributed by atoms with E-state index in [9.17, 15) is 0 Å². The van der Waals surface area contributed by atoms with E-state index < -0.39 is 14.7 Å². The molecule has 0 aliphatic carbocycles. The molecule has 0 amide bonds. The van der Waals surface area contributed by atoms with Crippen LogP contribution in [0.25, 0.3) is 0 Å². The van der Waals surface area contributed by atoms with Gasteiger partial charge in [-0.2, -0.15) is 0 Å². The Morgan fingerprint density at radius 3 is 1.60 bits per heavy atom. The van der Waals surface area contributed by atoms with E-state index in [-0.39, 0.29) is 4.49 Å². The molecule has 0 atom stereocenters. The quantitative estimate of drug-likeness (QED) is 0.682. The van der Waals surface area contributed by atoms with Crippen LogP contribution in [0.15, 0.2) is 31.2 Å². The van der Waals surface area contributed by atoms with Gasteiger partial charge < -0.3 is 0 Å². The van der Waals surface area contributed by atoms with E-state index in [1.54, 1.807) is 9.73 Å². The molecule has 0 spiro atoms. The Balaban J connectivity index is 4.44. The molecule has 0 unspecified atom stereocenters. The summed E-state index contributed by atoms with van der Waals surface area (Å²) >= 11 is 15.1. The maximum atomic E-state index is 5.72. The fourth-order valence-corrected chi connectivity index (χ4v) is 3.46. The summed E-state index contributed by atoms with van der Waals surface area (Å²) in [5.74, 6) is 0. The van der Waals surface area contributed by atoms with Crippen molar-refractivity contribution in [1.82, 2.24) is 0 Å². The van der Waals surface area contributed by atoms with Gasteiger partial charge in [0.15, 0.2) is 0 Å². The molecule has 0 aliphatic rings. The molecule has 0 rings (SSSR count). The minimum atomic E-state index is -1.50. The predicted octanol–water partition coefficient (Wildman–Crippen LogP) is 3.36. The van der Waals surface area contributed by atoms with Crippen molar-refractivity contribution >= 4 is 49.5 Å². The SMILES string of the molecule is C=C[As](C=C)C(Cl)=C(Cl)Cl. The van der Waals surface area contributed by atoms with Crippen LogP contribution in [0.5, 0.6) is 0 Å². The third-order valence-electron chi connectivity index (χ3n) is 0.776. The topological polar surface area (TPSA) is 0 Å². The first-order chi connectivity index (χ1) is 4.63. The van der Waals surface area contributed by atoms with Crippen LogP contribution in [0, 0.1) is 0 Å². The Morgan fingerprint density at radius 2 is 1.50 bits per heavy atom. The fourth-order valence-electron chi connectivity index (χ4n) is 0.332. The third kappa shape index (κ3) is 3.16. The zero-order valence-corrected chi connectivity index (χ0v) is 9.29. The van der Waals surface area contributed by atoms with Crippen molar-refractivity contribution in [1.29, 1.82) is 0 Å². The van der Waals surface area contributed by atoms with Crippen molar-refractivity contribution in [2.45, 2.75) is 0 Å². The van der Waals surface area contributed by atoms with Gasteiger partial charge in [0, 0.05) is 0 Å². The number of rotatable bonds is 3. The summed E-state index contributed by atoms with van der Waals surface area (Å²) in [5, 5.41) is 0. The van der Waals surface area contributed by atoms with E-state index in [2.05, 4.69) is 13.2 Å². The van der Waals surface area contributed by atoms with Crippen LogP contribution in [0.4, 0.5) is 0 Å². The average Bonchev–Trinajstić information content (AvgIpc) is 1.90. The first kappa shape index (κ1) is 10.6.